The van der Waals surface area contributed by atoms with Gasteiger partial charge in [0.15, 0.2) is 0 Å². The van der Waals surface area contributed by atoms with Gasteiger partial charge in [-0.2, -0.15) is 0 Å². The fourth-order valence-corrected chi connectivity index (χ4v) is 3.54. The normalized spacial score (nSPS) is 7.65. The second kappa shape index (κ2) is 855. The minimum Gasteiger partial charge on any atom is -0.0808 e. The average Bonchev–Trinajstić information content (AvgIpc) is 2.14. The molecular weight excluding hydrogens is 1530 g/mol. The highest BCUT2D eigenvalue weighted by molar-refractivity contribution is 5.16. The third-order valence-electron chi connectivity index (χ3n) is 5.90. The Balaban J connectivity index is -0.00000000725. The summed E-state index contributed by atoms with van der Waals surface area (Å²) in [6, 6.07) is 0. The molecule has 0 saturated heterocycles. The maximum Gasteiger partial charge on any atom is -0.0163 e. The summed E-state index contributed by atoms with van der Waals surface area (Å²) in [5.74, 6) is 0.833. The molecule has 9 aliphatic carbocycles. The smallest absolute Gasteiger partial charge is 0.0163 e. The summed E-state index contributed by atoms with van der Waals surface area (Å²) in [5, 5.41) is 0. The fraction of sp³-hybridized carbons (Fsp3) is 0.717. The molecule has 0 aromatic rings. The summed E-state index contributed by atoms with van der Waals surface area (Å²) >= 11 is 0. The predicted molar refractivity (Wildman–Crippen MR) is 705 cm³/mol. The first kappa shape index (κ1) is 422. The molecule has 9 aliphatic rings. The van der Waals surface area contributed by atoms with Crippen molar-refractivity contribution >= 4 is 0 Å². The highest BCUT2D eigenvalue weighted by Crippen LogP contribution is 1.97. The molecule has 127 heavy (non-hydrogen) atoms. The van der Waals surface area contributed by atoms with E-state index in [0.717, 1.165) is 63.7 Å². The zero-order valence-corrected chi connectivity index (χ0v) is 72.1. The van der Waals surface area contributed by atoms with Crippen LogP contribution in [0.3, 0.4) is 0 Å². The van der Waals surface area contributed by atoms with Crippen molar-refractivity contribution in [1.82, 2.24) is 0 Å². The third-order valence-corrected chi connectivity index (χ3v) is 5.90. The highest BCUT2D eigenvalue weighted by atomic mass is 13.8. The lowest BCUT2D eigenvalue weighted by Gasteiger charge is -1.79. The molecule has 840 valence electrons. The minimum absolute atomic E-state index is 0. The summed E-state index contributed by atoms with van der Waals surface area (Å²) in [5.41, 5.74) is 0. The Morgan fingerprint density at radius 1 is 0.110 bits per heavy atom. The van der Waals surface area contributed by atoms with E-state index >= 15 is 0 Å². The van der Waals surface area contributed by atoms with Crippen LogP contribution in [0.15, 0.2) is 219 Å². The van der Waals surface area contributed by atoms with Gasteiger partial charge in [-0.15, -0.1) is 0 Å². The van der Waals surface area contributed by atoms with Gasteiger partial charge < -0.3 is 0 Å². The van der Waals surface area contributed by atoms with Gasteiger partial charge in [-0.1, -0.05) is 797 Å². The Morgan fingerprint density at radius 3 is 0.142 bits per heavy atom. The first-order valence-corrected chi connectivity index (χ1v) is 38.9. The molecule has 0 fully saturated rings. The topological polar surface area (TPSA) is 0 Å². The Bertz CT molecular complexity index is 911. The molecule has 0 heteroatoms. The summed E-state index contributed by atoms with van der Waals surface area (Å²) in [6.07, 6.45) is 88.0. The van der Waals surface area contributed by atoms with E-state index in [0.29, 0.717) is 0 Å². The molecular formula is C127H332. The molecule has 0 N–H and O–H groups in total. The Morgan fingerprint density at radius 2 is 0.134 bits per heavy atom. The minimum atomic E-state index is 0. The van der Waals surface area contributed by atoms with E-state index in [4.69, 9.17) is 0 Å². The van der Waals surface area contributed by atoms with E-state index < -0.39 is 0 Å². The van der Waals surface area contributed by atoms with Crippen molar-refractivity contribution in [2.45, 2.75) is 636 Å². The van der Waals surface area contributed by atoms with E-state index in [1.807, 2.05) is 249 Å². The van der Waals surface area contributed by atoms with E-state index in [1.165, 1.54) is 12.8 Å². The first-order chi connectivity index (χ1) is 45.1. The van der Waals surface area contributed by atoms with E-state index in [9.17, 15) is 0 Å². The van der Waals surface area contributed by atoms with Gasteiger partial charge in [0.25, 0.3) is 0 Å². The quantitative estimate of drug-likeness (QED) is 0.227. The first-order valence-electron chi connectivity index (χ1n) is 38.9. The van der Waals surface area contributed by atoms with Crippen LogP contribution >= 0.6 is 0 Å². The molecule has 0 aromatic heterocycles. The van der Waals surface area contributed by atoms with Crippen LogP contribution in [0.4, 0.5) is 0 Å². The largest absolute Gasteiger partial charge is 0.0808 e. The number of rotatable bonds is 0. The predicted octanol–water partition coefficient (Wildman–Crippen LogP) is 59.4. The Hall–Kier alpha value is -4.68. The van der Waals surface area contributed by atoms with E-state index in [2.05, 4.69) is 267 Å². The molecule has 0 amide bonds. The second-order valence-corrected chi connectivity index (χ2v) is 13.0. The van der Waals surface area contributed by atoms with Gasteiger partial charge >= 0.3 is 0 Å². The Kier molecular flexibility index (Phi) is 2840. The van der Waals surface area contributed by atoms with Crippen LogP contribution < -0.4 is 0 Å². The number of hydrogen-bond acceptors (Lipinski definition) is 0. The van der Waals surface area contributed by atoms with Gasteiger partial charge in [-0.3, -0.25) is 0 Å². The lowest BCUT2D eigenvalue weighted by Crippen LogP contribution is -1.66. The molecule has 9 rings (SSSR count). The van der Waals surface area contributed by atoms with Crippen LogP contribution in [-0.2, 0) is 0 Å². The van der Waals surface area contributed by atoms with Crippen LogP contribution in [0.25, 0.3) is 0 Å². The van der Waals surface area contributed by atoms with Crippen LogP contribution in [0.2, 0.25) is 0 Å². The molecule has 0 spiro atoms. The molecule has 0 bridgehead atoms. The number of allylic oxidation sites excluding steroid dienone is 36. The summed E-state index contributed by atoms with van der Waals surface area (Å²) in [4.78, 5) is 0. The van der Waals surface area contributed by atoms with Crippen molar-refractivity contribution in [1.29, 1.82) is 0 Å². The number of hydrogen-bond donors (Lipinski definition) is 0. The van der Waals surface area contributed by atoms with Crippen molar-refractivity contribution in [3.8, 4) is 0 Å². The van der Waals surface area contributed by atoms with Crippen LogP contribution in [0.5, 0.6) is 0 Å². The third kappa shape index (κ3) is 1060. The van der Waals surface area contributed by atoms with Gasteiger partial charge in [-0.25, -0.2) is 0 Å². The average molecular weight is 1860 g/mol. The maximum atomic E-state index is 2.17. The van der Waals surface area contributed by atoms with Crippen molar-refractivity contribution in [3.05, 3.63) is 219 Å². The molecule has 0 unspecified atom stereocenters. The Labute approximate surface area is 855 Å². The zero-order valence-electron chi connectivity index (χ0n) is 72.1. The van der Waals surface area contributed by atoms with E-state index in [-0.39, 0.29) is 267 Å². The highest BCUT2D eigenvalue weighted by Gasteiger charge is 1.76. The van der Waals surface area contributed by atoms with Crippen LogP contribution in [0.1, 0.15) is 636 Å². The van der Waals surface area contributed by atoms with Crippen molar-refractivity contribution in [2.24, 2.45) is 5.92 Å². The lowest BCUT2D eigenvalue weighted by atomic mass is 10.3. The van der Waals surface area contributed by atoms with Gasteiger partial charge in [0.05, 0.1) is 0 Å². The van der Waals surface area contributed by atoms with Gasteiger partial charge in [0.2, 0.25) is 0 Å². The molecule has 0 heterocycles. The molecule has 0 saturated carbocycles. The monoisotopic (exact) mass is 1860 g/mol. The van der Waals surface area contributed by atoms with Gasteiger partial charge in [0, 0.05) is 0 Å². The maximum absolute atomic E-state index is 2.17. The van der Waals surface area contributed by atoms with Gasteiger partial charge in [-0.05, 0) is 63.7 Å². The fourth-order valence-electron chi connectivity index (χ4n) is 3.54. The van der Waals surface area contributed by atoms with Crippen molar-refractivity contribution < 1.29 is 0 Å². The van der Waals surface area contributed by atoms with E-state index in [1.54, 1.807) is 0 Å². The lowest BCUT2D eigenvalue weighted by molar-refractivity contribution is 0.737. The molecule has 0 aliphatic heterocycles. The summed E-state index contributed by atoms with van der Waals surface area (Å²) in [7, 11) is 0. The standard InChI is InChI=1S/9C5H6.C4H10.2C3H8.18C2H6.36CH4/c9*1-2-4-5-3-1;1-4(2)3;2*1-3-2;18*1-2;;;;;;;;;;;;;;;;;;;;;;;;;;;;;;;;;;;;/h9*1-4H,5H2;4H,1-3H3;2*3H2,1-2H3;18*1-2H3;36*1H4. The molecule has 0 atom stereocenters. The molecule has 0 nitrogen and oxygen atoms in total. The molecule has 0 radical (unpaired) electrons. The summed E-state index contributed by atoms with van der Waals surface area (Å²) in [6.45, 7) is 87.0. The van der Waals surface area contributed by atoms with Gasteiger partial charge in [0.1, 0.15) is 0 Å². The van der Waals surface area contributed by atoms with Crippen molar-refractivity contribution in [2.75, 3.05) is 0 Å². The van der Waals surface area contributed by atoms with Crippen LogP contribution in [-0.4, -0.2) is 0 Å². The zero-order chi connectivity index (χ0) is 76.8. The van der Waals surface area contributed by atoms with Crippen LogP contribution in [0, 0.1) is 5.92 Å². The summed E-state index contributed by atoms with van der Waals surface area (Å²) < 4.78 is 0. The SMILES string of the molecule is C.C.C.C.C.C.C.C.C.C.C.C.C.C.C.C.C.C.C.C.C.C.C.C.C.C.C.C.C.C.C.C.C.C.C.C.C1=CCC=C1.C1=CCC=C1.C1=CCC=C1.C1=CCC=C1.C1=CCC=C1.C1=CCC=C1.C1=CCC=C1.C1=CCC=C1.C1=CCC=C1.CC.CC.CC.CC.CC.CC.CC.CC.CC.CC.CC.CC.CC.CC.CC.CC.CC.CC.CC(C)C.CCC.CCC. The second-order valence-electron chi connectivity index (χ2n) is 13.0. The van der Waals surface area contributed by atoms with Crippen molar-refractivity contribution in [3.63, 3.8) is 0 Å². The molecule has 0 aromatic carbocycles.